The number of ether oxygens (including phenoxy) is 1. The first-order valence-corrected chi connectivity index (χ1v) is 7.02. The fourth-order valence-electron chi connectivity index (χ4n) is 2.30. The zero-order chi connectivity index (χ0) is 14.5. The van der Waals surface area contributed by atoms with E-state index in [9.17, 15) is 0 Å². The average molecular weight is 273 g/mol. The molecule has 0 aliphatic heterocycles. The number of hydrogen-bond acceptors (Lipinski definition) is 3. The van der Waals surface area contributed by atoms with Crippen LogP contribution in [0.25, 0.3) is 0 Å². The Morgan fingerprint density at radius 3 is 2.60 bits per heavy atom. The van der Waals surface area contributed by atoms with Crippen molar-refractivity contribution >= 4 is 0 Å². The quantitative estimate of drug-likeness (QED) is 0.879. The van der Waals surface area contributed by atoms with E-state index in [1.54, 1.807) is 7.11 Å². The molecule has 1 aromatic heterocycles. The Kier molecular flexibility index (Phi) is 4.79. The standard InChI is InChI=1S/C16H23N3O/c1-5-16-14(11-19(3)18-16)10-17-12(2)13-6-8-15(20-4)9-7-13/h6-9,11-12,17H,5,10H2,1-4H3. The summed E-state index contributed by atoms with van der Waals surface area (Å²) in [6.07, 6.45) is 3.06. The van der Waals surface area contributed by atoms with Gasteiger partial charge in [-0.2, -0.15) is 5.10 Å². The molecular formula is C16H23N3O. The van der Waals surface area contributed by atoms with Crippen LogP contribution in [0.2, 0.25) is 0 Å². The number of benzene rings is 1. The first-order valence-electron chi connectivity index (χ1n) is 7.02. The summed E-state index contributed by atoms with van der Waals surface area (Å²) < 4.78 is 7.06. The van der Waals surface area contributed by atoms with Crippen molar-refractivity contribution in [1.29, 1.82) is 0 Å². The second-order valence-corrected chi connectivity index (χ2v) is 5.00. The normalized spacial score (nSPS) is 12.4. The molecule has 1 atom stereocenters. The molecule has 2 rings (SSSR count). The van der Waals surface area contributed by atoms with Gasteiger partial charge < -0.3 is 10.1 Å². The number of aromatic nitrogens is 2. The van der Waals surface area contributed by atoms with Crippen molar-refractivity contribution in [1.82, 2.24) is 15.1 Å². The second kappa shape index (κ2) is 6.57. The highest BCUT2D eigenvalue weighted by Crippen LogP contribution is 2.18. The molecule has 1 aromatic carbocycles. The molecule has 0 fully saturated rings. The minimum Gasteiger partial charge on any atom is -0.497 e. The first-order chi connectivity index (χ1) is 9.63. The fourth-order valence-corrected chi connectivity index (χ4v) is 2.30. The SMILES string of the molecule is CCc1nn(C)cc1CNC(C)c1ccc(OC)cc1. The smallest absolute Gasteiger partial charge is 0.118 e. The van der Waals surface area contributed by atoms with Gasteiger partial charge in [0.1, 0.15) is 5.75 Å². The van der Waals surface area contributed by atoms with E-state index in [1.807, 2.05) is 23.9 Å². The molecule has 1 unspecified atom stereocenters. The maximum absolute atomic E-state index is 5.18. The lowest BCUT2D eigenvalue weighted by molar-refractivity contribution is 0.414. The Labute approximate surface area is 120 Å². The van der Waals surface area contributed by atoms with Gasteiger partial charge in [-0.05, 0) is 31.0 Å². The summed E-state index contributed by atoms with van der Waals surface area (Å²) in [4.78, 5) is 0. The topological polar surface area (TPSA) is 39.1 Å². The van der Waals surface area contributed by atoms with Gasteiger partial charge >= 0.3 is 0 Å². The van der Waals surface area contributed by atoms with Gasteiger partial charge in [-0.25, -0.2) is 0 Å². The van der Waals surface area contributed by atoms with Gasteiger partial charge in [0.15, 0.2) is 0 Å². The molecule has 20 heavy (non-hydrogen) atoms. The van der Waals surface area contributed by atoms with Crippen LogP contribution in [0.15, 0.2) is 30.5 Å². The summed E-state index contributed by atoms with van der Waals surface area (Å²) in [6.45, 7) is 5.15. The third kappa shape index (κ3) is 3.39. The van der Waals surface area contributed by atoms with E-state index in [0.717, 1.165) is 18.7 Å². The van der Waals surface area contributed by atoms with Crippen molar-refractivity contribution in [3.05, 3.63) is 47.3 Å². The zero-order valence-electron chi connectivity index (χ0n) is 12.7. The Morgan fingerprint density at radius 2 is 2.00 bits per heavy atom. The summed E-state index contributed by atoms with van der Waals surface area (Å²) in [7, 11) is 3.65. The maximum atomic E-state index is 5.18. The number of methoxy groups -OCH3 is 1. The minimum atomic E-state index is 0.297. The summed E-state index contributed by atoms with van der Waals surface area (Å²) in [5, 5.41) is 8.01. The summed E-state index contributed by atoms with van der Waals surface area (Å²) in [5.74, 6) is 0.890. The highest BCUT2D eigenvalue weighted by atomic mass is 16.5. The average Bonchev–Trinajstić information content (AvgIpc) is 2.85. The highest BCUT2D eigenvalue weighted by Gasteiger charge is 2.09. The van der Waals surface area contributed by atoms with E-state index in [4.69, 9.17) is 4.74 Å². The highest BCUT2D eigenvalue weighted by molar-refractivity contribution is 5.29. The third-order valence-corrected chi connectivity index (χ3v) is 3.54. The molecule has 0 saturated carbocycles. The Hall–Kier alpha value is -1.81. The molecule has 4 nitrogen and oxygen atoms in total. The van der Waals surface area contributed by atoms with Crippen molar-refractivity contribution < 1.29 is 4.74 Å². The van der Waals surface area contributed by atoms with Crippen LogP contribution < -0.4 is 10.1 Å². The van der Waals surface area contributed by atoms with Gasteiger partial charge in [-0.15, -0.1) is 0 Å². The van der Waals surface area contributed by atoms with Crippen LogP contribution >= 0.6 is 0 Å². The molecule has 0 saturated heterocycles. The Balaban J connectivity index is 1.98. The molecule has 2 aromatic rings. The first kappa shape index (κ1) is 14.6. The summed E-state index contributed by atoms with van der Waals surface area (Å²) in [5.41, 5.74) is 3.70. The van der Waals surface area contributed by atoms with Crippen LogP contribution in [0.1, 0.15) is 36.7 Å². The molecule has 0 amide bonds. The number of hydrogen-bond donors (Lipinski definition) is 1. The van der Waals surface area contributed by atoms with Crippen LogP contribution in [0, 0.1) is 0 Å². The minimum absolute atomic E-state index is 0.297. The van der Waals surface area contributed by atoms with Crippen LogP contribution in [0.4, 0.5) is 0 Å². The van der Waals surface area contributed by atoms with Crippen molar-refractivity contribution in [2.45, 2.75) is 32.9 Å². The van der Waals surface area contributed by atoms with Crippen LogP contribution in [-0.4, -0.2) is 16.9 Å². The maximum Gasteiger partial charge on any atom is 0.118 e. The van der Waals surface area contributed by atoms with Crippen molar-refractivity contribution in [3.63, 3.8) is 0 Å². The number of nitrogens with zero attached hydrogens (tertiary/aromatic N) is 2. The largest absolute Gasteiger partial charge is 0.497 e. The van der Waals surface area contributed by atoms with E-state index >= 15 is 0 Å². The molecule has 0 spiro atoms. The van der Waals surface area contributed by atoms with E-state index in [0.29, 0.717) is 6.04 Å². The Morgan fingerprint density at radius 1 is 1.30 bits per heavy atom. The van der Waals surface area contributed by atoms with E-state index in [-0.39, 0.29) is 0 Å². The zero-order valence-corrected chi connectivity index (χ0v) is 12.7. The van der Waals surface area contributed by atoms with Crippen molar-refractivity contribution in [2.24, 2.45) is 7.05 Å². The van der Waals surface area contributed by atoms with Crippen molar-refractivity contribution in [2.75, 3.05) is 7.11 Å². The molecule has 0 aliphatic rings. The van der Waals surface area contributed by atoms with Gasteiger partial charge in [0.2, 0.25) is 0 Å². The molecule has 0 bridgehead atoms. The van der Waals surface area contributed by atoms with Crippen LogP contribution in [0.3, 0.4) is 0 Å². The monoisotopic (exact) mass is 273 g/mol. The molecule has 108 valence electrons. The molecular weight excluding hydrogens is 250 g/mol. The van der Waals surface area contributed by atoms with Crippen LogP contribution in [-0.2, 0) is 20.0 Å². The lowest BCUT2D eigenvalue weighted by Gasteiger charge is -2.14. The van der Waals surface area contributed by atoms with E-state index < -0.39 is 0 Å². The lowest BCUT2D eigenvalue weighted by atomic mass is 10.1. The molecule has 0 radical (unpaired) electrons. The molecule has 4 heteroatoms. The lowest BCUT2D eigenvalue weighted by Crippen LogP contribution is -2.18. The fraction of sp³-hybridized carbons (Fsp3) is 0.438. The molecule has 1 heterocycles. The summed E-state index contributed by atoms with van der Waals surface area (Å²) >= 11 is 0. The number of nitrogens with one attached hydrogen (secondary N) is 1. The summed E-state index contributed by atoms with van der Waals surface area (Å²) in [6, 6.07) is 8.48. The van der Waals surface area contributed by atoms with Crippen LogP contribution in [0.5, 0.6) is 5.75 Å². The predicted octanol–water partition coefficient (Wildman–Crippen LogP) is 2.84. The molecule has 0 aliphatic carbocycles. The second-order valence-electron chi connectivity index (χ2n) is 5.00. The Bertz CT molecular complexity index is 545. The van der Waals surface area contributed by atoms with Gasteiger partial charge in [0.25, 0.3) is 0 Å². The molecule has 1 N–H and O–H groups in total. The van der Waals surface area contributed by atoms with Crippen molar-refractivity contribution in [3.8, 4) is 5.75 Å². The third-order valence-electron chi connectivity index (χ3n) is 3.54. The number of rotatable bonds is 6. The predicted molar refractivity (Wildman–Crippen MR) is 80.8 cm³/mol. The van der Waals surface area contributed by atoms with E-state index in [2.05, 4.69) is 42.6 Å². The van der Waals surface area contributed by atoms with Gasteiger partial charge in [-0.1, -0.05) is 19.1 Å². The van der Waals surface area contributed by atoms with Gasteiger partial charge in [-0.3, -0.25) is 4.68 Å². The van der Waals surface area contributed by atoms with E-state index in [1.165, 1.54) is 16.8 Å². The van der Waals surface area contributed by atoms with Gasteiger partial charge in [0, 0.05) is 31.4 Å². The van der Waals surface area contributed by atoms with Gasteiger partial charge in [0.05, 0.1) is 12.8 Å². The number of aryl methyl sites for hydroxylation is 2.